The van der Waals surface area contributed by atoms with Gasteiger partial charge in [0.05, 0.1) is 26.4 Å². The molecule has 0 saturated heterocycles. The fraction of sp³-hybridized carbons (Fsp3) is 0.949. The maximum atomic E-state index is 13.1. The average molecular weight is 1420 g/mol. The fourth-order valence-corrected chi connectivity index (χ4v) is 13.5. The molecule has 0 aromatic rings. The Kier molecular flexibility index (Phi) is 65.9. The van der Waals surface area contributed by atoms with Gasteiger partial charge in [-0.15, -0.1) is 0 Å². The molecule has 3 unspecified atom stereocenters. The topological polar surface area (TPSA) is 237 Å². The van der Waals surface area contributed by atoms with E-state index in [1.807, 2.05) is 0 Å². The second-order valence-electron chi connectivity index (χ2n) is 29.8. The molecule has 17 nitrogen and oxygen atoms in total. The molecule has 19 heteroatoms. The van der Waals surface area contributed by atoms with Gasteiger partial charge in [0.15, 0.2) is 12.2 Å². The van der Waals surface area contributed by atoms with E-state index in [1.165, 1.54) is 193 Å². The smallest absolute Gasteiger partial charge is 0.462 e. The minimum atomic E-state index is -4.96. The lowest BCUT2D eigenvalue weighted by Crippen LogP contribution is -2.30. The second-order valence-corrected chi connectivity index (χ2v) is 32.7. The first-order valence-corrected chi connectivity index (χ1v) is 43.2. The normalized spacial score (nSPS) is 14.4. The molecule has 0 radical (unpaired) electrons. The van der Waals surface area contributed by atoms with E-state index in [9.17, 15) is 43.2 Å². The predicted octanol–water partition coefficient (Wildman–Crippen LogP) is 22.8. The summed E-state index contributed by atoms with van der Waals surface area (Å²) in [6, 6.07) is 0. The van der Waals surface area contributed by atoms with Gasteiger partial charge in [-0.2, -0.15) is 0 Å². The van der Waals surface area contributed by atoms with Gasteiger partial charge in [0.1, 0.15) is 19.3 Å². The van der Waals surface area contributed by atoms with Crippen LogP contribution in [0.25, 0.3) is 0 Å². The van der Waals surface area contributed by atoms with E-state index in [-0.39, 0.29) is 25.7 Å². The molecular weight excluding hydrogens is 1270 g/mol. The molecule has 0 saturated carbocycles. The molecule has 576 valence electrons. The monoisotopic (exact) mass is 1420 g/mol. The van der Waals surface area contributed by atoms with E-state index in [1.54, 1.807) is 0 Å². The third kappa shape index (κ3) is 70.9. The Morgan fingerprint density at radius 1 is 0.289 bits per heavy atom. The number of phosphoric ester groups is 2. The Hall–Kier alpha value is -1.94. The van der Waals surface area contributed by atoms with Crippen LogP contribution in [0, 0.1) is 23.7 Å². The zero-order valence-corrected chi connectivity index (χ0v) is 65.5. The lowest BCUT2D eigenvalue weighted by molar-refractivity contribution is -0.161. The number of unbranched alkanes of at least 4 members (excludes halogenated alkanes) is 40. The number of carbonyl (C=O) groups is 4. The van der Waals surface area contributed by atoms with Crippen LogP contribution in [-0.2, 0) is 65.4 Å². The number of hydrogen-bond donors (Lipinski definition) is 3. The average Bonchev–Trinajstić information content (AvgIpc) is 1.77. The summed E-state index contributed by atoms with van der Waals surface area (Å²) < 4.78 is 68.6. The highest BCUT2D eigenvalue weighted by Crippen LogP contribution is 2.45. The predicted molar refractivity (Wildman–Crippen MR) is 395 cm³/mol. The van der Waals surface area contributed by atoms with Crippen molar-refractivity contribution in [1.29, 1.82) is 0 Å². The van der Waals surface area contributed by atoms with Gasteiger partial charge in [-0.05, 0) is 49.4 Å². The van der Waals surface area contributed by atoms with Gasteiger partial charge in [0, 0.05) is 25.7 Å². The van der Waals surface area contributed by atoms with Crippen LogP contribution in [0.15, 0.2) is 0 Å². The van der Waals surface area contributed by atoms with Crippen LogP contribution < -0.4 is 0 Å². The van der Waals surface area contributed by atoms with Crippen molar-refractivity contribution in [3.63, 3.8) is 0 Å². The van der Waals surface area contributed by atoms with E-state index < -0.39 is 97.5 Å². The summed E-state index contributed by atoms with van der Waals surface area (Å²) in [5.74, 6) is 0.953. The van der Waals surface area contributed by atoms with Gasteiger partial charge in [-0.1, -0.05) is 344 Å². The molecule has 0 fully saturated rings. The molecule has 0 spiro atoms. The van der Waals surface area contributed by atoms with Crippen LogP contribution >= 0.6 is 15.6 Å². The van der Waals surface area contributed by atoms with Gasteiger partial charge < -0.3 is 33.8 Å². The summed E-state index contributed by atoms with van der Waals surface area (Å²) in [6.45, 7) is 14.2. The highest BCUT2D eigenvalue weighted by Gasteiger charge is 2.30. The molecular formula is C78H152O17P2. The molecule has 6 atom stereocenters. The number of ether oxygens (including phenoxy) is 4. The van der Waals surface area contributed by atoms with Gasteiger partial charge >= 0.3 is 39.5 Å². The molecule has 97 heavy (non-hydrogen) atoms. The summed E-state index contributed by atoms with van der Waals surface area (Å²) in [6.07, 6.45) is 52.7. The standard InChI is InChI=1S/C78H152O17P2/c1-9-71(8)57-49-41-36-37-43-51-59-76(81)89-65-74(95-78(83)61-53-45-35-28-22-18-14-13-16-20-25-31-39-47-55-69(4)5)67-93-97(86,87)91-63-72(79)62-90-96(84,85)92-66-73(64-88-75(80)58-50-42-33-29-23-26-32-40-48-56-70(6)7)94-77(82)60-52-44-34-27-21-17-12-10-11-15-19-24-30-38-46-54-68(2)3/h68-74,79H,9-67H2,1-8H3,(H,84,85)(H,86,87)/t71?,72-,73-,74-/m1/s1. The van der Waals surface area contributed by atoms with E-state index in [2.05, 4.69) is 55.4 Å². The molecule has 0 amide bonds. The number of phosphoric acid groups is 2. The fourth-order valence-electron chi connectivity index (χ4n) is 11.9. The van der Waals surface area contributed by atoms with Crippen molar-refractivity contribution >= 4 is 39.5 Å². The lowest BCUT2D eigenvalue weighted by Gasteiger charge is -2.21. The zero-order valence-electron chi connectivity index (χ0n) is 63.7. The van der Waals surface area contributed by atoms with Crippen molar-refractivity contribution in [2.45, 2.75) is 414 Å². The number of carbonyl (C=O) groups excluding carboxylic acids is 4. The van der Waals surface area contributed by atoms with Gasteiger partial charge in [0.2, 0.25) is 0 Å². The highest BCUT2D eigenvalue weighted by atomic mass is 31.2. The van der Waals surface area contributed by atoms with Crippen molar-refractivity contribution in [3.8, 4) is 0 Å². The van der Waals surface area contributed by atoms with Crippen LogP contribution in [0.4, 0.5) is 0 Å². The molecule has 3 N–H and O–H groups in total. The Morgan fingerprint density at radius 2 is 0.495 bits per heavy atom. The minimum Gasteiger partial charge on any atom is -0.462 e. The van der Waals surface area contributed by atoms with E-state index >= 15 is 0 Å². The summed E-state index contributed by atoms with van der Waals surface area (Å²) in [5, 5.41) is 10.6. The third-order valence-electron chi connectivity index (χ3n) is 18.4. The van der Waals surface area contributed by atoms with Crippen LogP contribution in [-0.4, -0.2) is 96.7 Å². The zero-order chi connectivity index (χ0) is 71.7. The number of aliphatic hydroxyl groups is 1. The maximum absolute atomic E-state index is 13.1. The Bertz CT molecular complexity index is 1900. The van der Waals surface area contributed by atoms with Crippen molar-refractivity contribution in [2.75, 3.05) is 39.6 Å². The second kappa shape index (κ2) is 67.2. The van der Waals surface area contributed by atoms with Crippen LogP contribution in [0.2, 0.25) is 0 Å². The molecule has 0 aliphatic heterocycles. The van der Waals surface area contributed by atoms with Crippen LogP contribution in [0.1, 0.15) is 396 Å². The Balaban J connectivity index is 5.23. The molecule has 0 aliphatic carbocycles. The van der Waals surface area contributed by atoms with Crippen molar-refractivity contribution < 1.29 is 80.2 Å². The van der Waals surface area contributed by atoms with Crippen molar-refractivity contribution in [2.24, 2.45) is 23.7 Å². The van der Waals surface area contributed by atoms with E-state index in [0.29, 0.717) is 25.7 Å². The van der Waals surface area contributed by atoms with Crippen LogP contribution in [0.5, 0.6) is 0 Å². The molecule has 0 aromatic carbocycles. The van der Waals surface area contributed by atoms with Gasteiger partial charge in [0.25, 0.3) is 0 Å². The first-order chi connectivity index (χ1) is 46.6. The Morgan fingerprint density at radius 3 is 0.732 bits per heavy atom. The third-order valence-corrected chi connectivity index (χ3v) is 20.3. The van der Waals surface area contributed by atoms with Crippen molar-refractivity contribution in [3.05, 3.63) is 0 Å². The maximum Gasteiger partial charge on any atom is 0.472 e. The first kappa shape index (κ1) is 95.1. The first-order valence-electron chi connectivity index (χ1n) is 40.2. The molecule has 0 bridgehead atoms. The SMILES string of the molecule is CCC(C)CCCCCCCCC(=O)OC[C@H](COP(=O)(O)OC[C@H](O)COP(=O)(O)OC[C@@H](COC(=O)CCCCCCCCCCCC(C)C)OC(=O)CCCCCCCCCCCCCCCCCC(C)C)OC(=O)CCCCCCCCCCCCCCCCC(C)C. The number of rotatable bonds is 75. The van der Waals surface area contributed by atoms with E-state index in [0.717, 1.165) is 120 Å². The highest BCUT2D eigenvalue weighted by molar-refractivity contribution is 7.47. The molecule has 0 aliphatic rings. The largest absolute Gasteiger partial charge is 0.472 e. The Labute approximate surface area is 594 Å². The van der Waals surface area contributed by atoms with Gasteiger partial charge in [-0.3, -0.25) is 37.3 Å². The van der Waals surface area contributed by atoms with Crippen LogP contribution in [0.3, 0.4) is 0 Å². The van der Waals surface area contributed by atoms with Crippen molar-refractivity contribution in [1.82, 2.24) is 0 Å². The summed E-state index contributed by atoms with van der Waals surface area (Å²) >= 11 is 0. The molecule has 0 rings (SSSR count). The summed E-state index contributed by atoms with van der Waals surface area (Å²) in [7, 11) is -9.92. The number of hydrogen-bond acceptors (Lipinski definition) is 15. The summed E-state index contributed by atoms with van der Waals surface area (Å²) in [4.78, 5) is 72.9. The lowest BCUT2D eigenvalue weighted by atomic mass is 10.00. The number of esters is 4. The quantitative estimate of drug-likeness (QED) is 0.0222. The van der Waals surface area contributed by atoms with E-state index in [4.69, 9.17) is 37.0 Å². The van der Waals surface area contributed by atoms with Gasteiger partial charge in [-0.25, -0.2) is 9.13 Å². The summed E-state index contributed by atoms with van der Waals surface area (Å²) in [5.41, 5.74) is 0. The molecule has 0 heterocycles. The molecule has 0 aromatic heterocycles. The minimum absolute atomic E-state index is 0.106. The number of aliphatic hydroxyl groups excluding tert-OH is 1.